The highest BCUT2D eigenvalue weighted by Crippen LogP contribution is 2.21. The predicted molar refractivity (Wildman–Crippen MR) is 88.9 cm³/mol. The summed E-state index contributed by atoms with van der Waals surface area (Å²) >= 11 is 0. The smallest absolute Gasteiger partial charge is 0.136 e. The third kappa shape index (κ3) is 2.31. The van der Waals surface area contributed by atoms with Crippen molar-refractivity contribution < 1.29 is 0 Å². The van der Waals surface area contributed by atoms with E-state index in [0.717, 1.165) is 23.4 Å². The first kappa shape index (κ1) is 12.9. The number of nitrogens with zero attached hydrogens (tertiary/aromatic N) is 3. The number of imidazole rings is 1. The average molecular weight is 287 g/mol. The minimum absolute atomic E-state index is 0.858. The van der Waals surface area contributed by atoms with Gasteiger partial charge in [0.1, 0.15) is 5.65 Å². The maximum Gasteiger partial charge on any atom is 0.136 e. The van der Waals surface area contributed by atoms with Crippen LogP contribution in [-0.2, 0) is 6.54 Å². The zero-order valence-corrected chi connectivity index (χ0v) is 12.5. The molecule has 4 rings (SSSR count). The van der Waals surface area contributed by atoms with Gasteiger partial charge in [-0.1, -0.05) is 60.2 Å². The van der Waals surface area contributed by atoms with Crippen LogP contribution >= 0.6 is 0 Å². The van der Waals surface area contributed by atoms with Gasteiger partial charge in [0.2, 0.25) is 0 Å². The lowest BCUT2D eigenvalue weighted by Gasteiger charge is -2.03. The van der Waals surface area contributed by atoms with Crippen molar-refractivity contribution in [2.75, 3.05) is 0 Å². The van der Waals surface area contributed by atoms with E-state index in [4.69, 9.17) is 0 Å². The van der Waals surface area contributed by atoms with Crippen molar-refractivity contribution in [3.05, 3.63) is 84.2 Å². The zero-order chi connectivity index (χ0) is 14.9. The van der Waals surface area contributed by atoms with Crippen molar-refractivity contribution in [1.82, 2.24) is 14.2 Å². The third-order valence-electron chi connectivity index (χ3n) is 3.94. The summed E-state index contributed by atoms with van der Waals surface area (Å²) in [4.78, 5) is 0. The van der Waals surface area contributed by atoms with Crippen molar-refractivity contribution in [2.45, 2.75) is 13.5 Å². The summed E-state index contributed by atoms with van der Waals surface area (Å²) in [7, 11) is 0. The predicted octanol–water partition coefficient (Wildman–Crippen LogP) is 4.16. The second-order valence-electron chi connectivity index (χ2n) is 5.61. The van der Waals surface area contributed by atoms with E-state index < -0.39 is 0 Å². The van der Waals surface area contributed by atoms with Crippen molar-refractivity contribution in [3.63, 3.8) is 0 Å². The lowest BCUT2D eigenvalue weighted by molar-refractivity contribution is 0.825. The number of aromatic nitrogens is 3. The lowest BCUT2D eigenvalue weighted by atomic mass is 10.1. The van der Waals surface area contributed by atoms with Gasteiger partial charge in [-0.05, 0) is 12.5 Å². The van der Waals surface area contributed by atoms with Crippen LogP contribution in [0.1, 0.15) is 11.1 Å². The highest BCUT2D eigenvalue weighted by molar-refractivity contribution is 5.64. The summed E-state index contributed by atoms with van der Waals surface area (Å²) in [6, 6.07) is 21.1. The van der Waals surface area contributed by atoms with Crippen LogP contribution < -0.4 is 0 Å². The van der Waals surface area contributed by atoms with Crippen LogP contribution in [0.5, 0.6) is 0 Å². The van der Waals surface area contributed by atoms with Gasteiger partial charge >= 0.3 is 0 Å². The van der Waals surface area contributed by atoms with Crippen molar-refractivity contribution >= 4 is 5.65 Å². The van der Waals surface area contributed by atoms with Crippen LogP contribution in [0.15, 0.2) is 73.1 Å². The van der Waals surface area contributed by atoms with E-state index in [0.29, 0.717) is 0 Å². The lowest BCUT2D eigenvalue weighted by Crippen LogP contribution is -1.97. The van der Waals surface area contributed by atoms with Gasteiger partial charge < -0.3 is 4.57 Å². The Balaban J connectivity index is 1.71. The largest absolute Gasteiger partial charge is 0.327 e. The Bertz CT molecular complexity index is 899. The highest BCUT2D eigenvalue weighted by atomic mass is 15.3. The van der Waals surface area contributed by atoms with Gasteiger partial charge in [-0.15, -0.1) is 0 Å². The van der Waals surface area contributed by atoms with Gasteiger partial charge in [0, 0.05) is 30.6 Å². The van der Waals surface area contributed by atoms with E-state index >= 15 is 0 Å². The third-order valence-corrected chi connectivity index (χ3v) is 3.94. The van der Waals surface area contributed by atoms with Crippen molar-refractivity contribution in [3.8, 4) is 11.3 Å². The second-order valence-corrected chi connectivity index (χ2v) is 5.61. The minimum Gasteiger partial charge on any atom is -0.327 e. The molecule has 4 aromatic rings. The molecule has 2 heterocycles. The van der Waals surface area contributed by atoms with Gasteiger partial charge in [0.25, 0.3) is 0 Å². The molecule has 2 aromatic heterocycles. The van der Waals surface area contributed by atoms with E-state index in [2.05, 4.69) is 77.4 Å². The molecule has 0 aliphatic heterocycles. The molecule has 0 aliphatic rings. The number of benzene rings is 2. The quantitative estimate of drug-likeness (QED) is 0.554. The molecular formula is C19H17N3. The van der Waals surface area contributed by atoms with Gasteiger partial charge in [-0.3, -0.25) is 0 Å². The SMILES string of the molecule is Cc1ccc(-c2cc3n(Cc4ccccc4)ccn3n2)cc1. The topological polar surface area (TPSA) is 22.2 Å². The fourth-order valence-corrected chi connectivity index (χ4v) is 2.71. The molecule has 22 heavy (non-hydrogen) atoms. The first-order chi connectivity index (χ1) is 10.8. The van der Waals surface area contributed by atoms with Crippen LogP contribution in [-0.4, -0.2) is 14.2 Å². The molecule has 0 spiro atoms. The molecule has 0 amide bonds. The van der Waals surface area contributed by atoms with E-state index in [1.165, 1.54) is 11.1 Å². The normalized spacial score (nSPS) is 11.1. The first-order valence-corrected chi connectivity index (χ1v) is 7.45. The van der Waals surface area contributed by atoms with E-state index in [1.807, 2.05) is 16.8 Å². The Morgan fingerprint density at radius 2 is 1.68 bits per heavy atom. The molecule has 0 atom stereocenters. The molecule has 0 saturated carbocycles. The Hall–Kier alpha value is -2.81. The second kappa shape index (κ2) is 5.19. The number of aryl methyl sites for hydroxylation is 1. The molecule has 108 valence electrons. The highest BCUT2D eigenvalue weighted by Gasteiger charge is 2.08. The van der Waals surface area contributed by atoms with E-state index in [-0.39, 0.29) is 0 Å². The molecule has 0 radical (unpaired) electrons. The summed E-state index contributed by atoms with van der Waals surface area (Å²) in [6.07, 6.45) is 4.09. The maximum atomic E-state index is 4.67. The fraction of sp³-hybridized carbons (Fsp3) is 0.105. The molecule has 0 unspecified atom stereocenters. The number of fused-ring (bicyclic) bond motifs is 1. The standard InChI is InChI=1S/C19H17N3/c1-15-7-9-17(10-8-15)18-13-19-21(11-12-22(19)20-18)14-16-5-3-2-4-6-16/h2-13H,14H2,1H3. The van der Waals surface area contributed by atoms with Crippen LogP contribution in [0.2, 0.25) is 0 Å². The van der Waals surface area contributed by atoms with Crippen LogP contribution in [0, 0.1) is 6.92 Å². The first-order valence-electron chi connectivity index (χ1n) is 7.45. The molecule has 0 aliphatic carbocycles. The molecule has 2 aromatic carbocycles. The van der Waals surface area contributed by atoms with Crippen LogP contribution in [0.25, 0.3) is 16.9 Å². The number of hydrogen-bond acceptors (Lipinski definition) is 1. The molecule has 0 bridgehead atoms. The Labute approximate surface area is 129 Å². The molecule has 0 N–H and O–H groups in total. The monoisotopic (exact) mass is 287 g/mol. The molecular weight excluding hydrogens is 270 g/mol. The molecule has 3 nitrogen and oxygen atoms in total. The fourth-order valence-electron chi connectivity index (χ4n) is 2.71. The Morgan fingerprint density at radius 1 is 0.909 bits per heavy atom. The average Bonchev–Trinajstić information content (AvgIpc) is 3.11. The summed E-state index contributed by atoms with van der Waals surface area (Å²) in [5.41, 5.74) is 5.83. The molecule has 0 saturated heterocycles. The summed E-state index contributed by atoms with van der Waals surface area (Å²) in [5.74, 6) is 0. The Morgan fingerprint density at radius 3 is 2.45 bits per heavy atom. The van der Waals surface area contributed by atoms with Crippen LogP contribution in [0.4, 0.5) is 0 Å². The van der Waals surface area contributed by atoms with Gasteiger partial charge in [-0.25, -0.2) is 4.52 Å². The summed E-state index contributed by atoms with van der Waals surface area (Å²) in [6.45, 7) is 2.96. The van der Waals surface area contributed by atoms with Crippen molar-refractivity contribution in [1.29, 1.82) is 0 Å². The summed E-state index contributed by atoms with van der Waals surface area (Å²) < 4.78 is 4.16. The molecule has 0 fully saturated rings. The molecule has 3 heteroatoms. The zero-order valence-electron chi connectivity index (χ0n) is 12.5. The Kier molecular flexibility index (Phi) is 3.04. The van der Waals surface area contributed by atoms with Gasteiger partial charge in [-0.2, -0.15) is 5.10 Å². The van der Waals surface area contributed by atoms with Crippen molar-refractivity contribution in [2.24, 2.45) is 0 Å². The van der Waals surface area contributed by atoms with Gasteiger partial charge in [0.15, 0.2) is 0 Å². The van der Waals surface area contributed by atoms with Gasteiger partial charge in [0.05, 0.1) is 5.69 Å². The number of hydrogen-bond donors (Lipinski definition) is 0. The van der Waals surface area contributed by atoms with Crippen LogP contribution in [0.3, 0.4) is 0 Å². The maximum absolute atomic E-state index is 4.67. The van der Waals surface area contributed by atoms with E-state index in [9.17, 15) is 0 Å². The summed E-state index contributed by atoms with van der Waals surface area (Å²) in [5, 5.41) is 4.67. The minimum atomic E-state index is 0.858. The van der Waals surface area contributed by atoms with E-state index in [1.54, 1.807) is 0 Å². The number of rotatable bonds is 3.